The molecule has 2 nitrogen and oxygen atoms in total. The lowest BCUT2D eigenvalue weighted by Gasteiger charge is -2.04. The summed E-state index contributed by atoms with van der Waals surface area (Å²) in [4.78, 5) is 10.7. The van der Waals surface area contributed by atoms with Gasteiger partial charge in [0.1, 0.15) is 0 Å². The predicted octanol–water partition coefficient (Wildman–Crippen LogP) is 3.59. The number of hydrogen-bond acceptors (Lipinski definition) is 1. The van der Waals surface area contributed by atoms with Gasteiger partial charge in [-0.15, -0.1) is 0 Å². The van der Waals surface area contributed by atoms with Crippen LogP contribution in [0, 0.1) is 17.5 Å². The number of carbonyl (C=O) groups is 1. The van der Waals surface area contributed by atoms with E-state index in [0.29, 0.717) is 18.4 Å². The van der Waals surface area contributed by atoms with Gasteiger partial charge in [-0.3, -0.25) is 0 Å². The van der Waals surface area contributed by atoms with Crippen LogP contribution in [0.5, 0.6) is 0 Å². The molecule has 0 amide bonds. The van der Waals surface area contributed by atoms with Crippen LogP contribution >= 0.6 is 0 Å². The van der Waals surface area contributed by atoms with Gasteiger partial charge in [-0.25, -0.2) is 18.0 Å². The van der Waals surface area contributed by atoms with Crippen molar-refractivity contribution < 1.29 is 23.1 Å². The Morgan fingerprint density at radius 3 is 1.90 bits per heavy atom. The second-order valence-corrected chi connectivity index (χ2v) is 4.38. The fourth-order valence-corrected chi connectivity index (χ4v) is 1.86. The summed E-state index contributed by atoms with van der Waals surface area (Å²) in [5.74, 6) is -4.90. The monoisotopic (exact) mass is 280 g/mol. The molecular weight excluding hydrogens is 269 g/mol. The SMILES string of the molecule is O=C(O)c1ccc(CCc2cc(F)c(F)c(F)c2)cc1. The summed E-state index contributed by atoms with van der Waals surface area (Å²) in [6.07, 6.45) is 0.810. The molecule has 104 valence electrons. The molecule has 0 saturated carbocycles. The Kier molecular flexibility index (Phi) is 4.08. The first-order valence-corrected chi connectivity index (χ1v) is 5.93. The molecule has 0 heterocycles. The topological polar surface area (TPSA) is 37.3 Å². The Morgan fingerprint density at radius 1 is 0.900 bits per heavy atom. The summed E-state index contributed by atoms with van der Waals surface area (Å²) in [6, 6.07) is 8.13. The van der Waals surface area contributed by atoms with E-state index in [0.717, 1.165) is 17.7 Å². The standard InChI is InChI=1S/C15H11F3O2/c16-12-7-10(8-13(17)14(12)18)2-1-9-3-5-11(6-4-9)15(19)20/h3-8H,1-2H2,(H,19,20). The molecule has 0 fully saturated rings. The van der Waals surface area contributed by atoms with Crippen molar-refractivity contribution in [2.45, 2.75) is 12.8 Å². The van der Waals surface area contributed by atoms with Crippen LogP contribution in [0.25, 0.3) is 0 Å². The smallest absolute Gasteiger partial charge is 0.335 e. The van der Waals surface area contributed by atoms with Crippen LogP contribution in [0.2, 0.25) is 0 Å². The second kappa shape index (κ2) is 5.77. The Bertz CT molecular complexity index is 613. The number of halogens is 3. The first-order chi connectivity index (χ1) is 9.47. The van der Waals surface area contributed by atoms with E-state index in [-0.39, 0.29) is 5.56 Å². The molecule has 0 bridgehead atoms. The van der Waals surface area contributed by atoms with Crippen LogP contribution in [-0.2, 0) is 12.8 Å². The molecule has 0 radical (unpaired) electrons. The Hall–Kier alpha value is -2.30. The molecule has 0 aliphatic heterocycles. The van der Waals surface area contributed by atoms with E-state index >= 15 is 0 Å². The molecule has 0 aliphatic rings. The van der Waals surface area contributed by atoms with E-state index in [4.69, 9.17) is 5.11 Å². The van der Waals surface area contributed by atoms with Crippen molar-refractivity contribution in [1.29, 1.82) is 0 Å². The minimum atomic E-state index is -1.47. The van der Waals surface area contributed by atoms with Crippen molar-refractivity contribution in [2.75, 3.05) is 0 Å². The molecule has 1 N–H and O–H groups in total. The molecule has 0 aromatic heterocycles. The quantitative estimate of drug-likeness (QED) is 0.869. The maximum Gasteiger partial charge on any atom is 0.335 e. The van der Waals surface area contributed by atoms with Gasteiger partial charge in [0, 0.05) is 0 Å². The van der Waals surface area contributed by atoms with Crippen molar-refractivity contribution in [3.63, 3.8) is 0 Å². The van der Waals surface area contributed by atoms with E-state index in [1.807, 2.05) is 0 Å². The molecule has 20 heavy (non-hydrogen) atoms. The third-order valence-electron chi connectivity index (χ3n) is 2.95. The second-order valence-electron chi connectivity index (χ2n) is 4.38. The molecular formula is C15H11F3O2. The minimum Gasteiger partial charge on any atom is -0.478 e. The highest BCUT2D eigenvalue weighted by Crippen LogP contribution is 2.16. The number of rotatable bonds is 4. The van der Waals surface area contributed by atoms with Gasteiger partial charge in [-0.05, 0) is 48.2 Å². The molecule has 2 aromatic rings. The lowest BCUT2D eigenvalue weighted by Crippen LogP contribution is -1.99. The van der Waals surface area contributed by atoms with Crippen molar-refractivity contribution in [3.05, 3.63) is 70.5 Å². The Balaban J connectivity index is 2.07. The van der Waals surface area contributed by atoms with E-state index in [2.05, 4.69) is 0 Å². The number of benzene rings is 2. The maximum absolute atomic E-state index is 13.0. The molecule has 0 unspecified atom stereocenters. The zero-order valence-corrected chi connectivity index (χ0v) is 10.4. The van der Waals surface area contributed by atoms with Gasteiger partial charge in [0.25, 0.3) is 0 Å². The highest BCUT2D eigenvalue weighted by atomic mass is 19.2. The van der Waals surface area contributed by atoms with Crippen molar-refractivity contribution in [2.24, 2.45) is 0 Å². The van der Waals surface area contributed by atoms with E-state index < -0.39 is 23.4 Å². The molecule has 2 rings (SSSR count). The highest BCUT2D eigenvalue weighted by molar-refractivity contribution is 5.87. The zero-order valence-electron chi connectivity index (χ0n) is 10.4. The zero-order chi connectivity index (χ0) is 14.7. The van der Waals surface area contributed by atoms with Crippen LogP contribution in [0.4, 0.5) is 13.2 Å². The first-order valence-electron chi connectivity index (χ1n) is 5.93. The van der Waals surface area contributed by atoms with Crippen LogP contribution < -0.4 is 0 Å². The van der Waals surface area contributed by atoms with Gasteiger partial charge in [0.2, 0.25) is 0 Å². The number of aromatic carboxylic acids is 1. The van der Waals surface area contributed by atoms with E-state index in [9.17, 15) is 18.0 Å². The van der Waals surface area contributed by atoms with Crippen LogP contribution in [0.15, 0.2) is 36.4 Å². The summed E-state index contributed by atoms with van der Waals surface area (Å²) in [5, 5.41) is 8.75. The minimum absolute atomic E-state index is 0.174. The van der Waals surface area contributed by atoms with Gasteiger partial charge in [-0.2, -0.15) is 0 Å². The fraction of sp³-hybridized carbons (Fsp3) is 0.133. The fourth-order valence-electron chi connectivity index (χ4n) is 1.86. The third-order valence-corrected chi connectivity index (χ3v) is 2.95. The lowest BCUT2D eigenvalue weighted by atomic mass is 10.0. The van der Waals surface area contributed by atoms with Gasteiger partial charge in [-0.1, -0.05) is 12.1 Å². The molecule has 0 aliphatic carbocycles. The van der Waals surface area contributed by atoms with Crippen molar-refractivity contribution >= 4 is 5.97 Å². The predicted molar refractivity (Wildman–Crippen MR) is 67.1 cm³/mol. The Labute approximate surface area is 113 Å². The average molecular weight is 280 g/mol. The molecule has 0 saturated heterocycles. The number of hydrogen-bond donors (Lipinski definition) is 1. The van der Waals surface area contributed by atoms with E-state index in [1.54, 1.807) is 12.1 Å². The number of carboxylic acids is 1. The summed E-state index contributed by atoms with van der Waals surface area (Å²) in [6.45, 7) is 0. The van der Waals surface area contributed by atoms with Crippen molar-refractivity contribution in [1.82, 2.24) is 0 Å². The average Bonchev–Trinajstić information content (AvgIpc) is 2.42. The van der Waals surface area contributed by atoms with Crippen LogP contribution in [0.3, 0.4) is 0 Å². The first kappa shape index (κ1) is 14.1. The van der Waals surface area contributed by atoms with Gasteiger partial charge < -0.3 is 5.11 Å². The summed E-state index contributed by atoms with van der Waals surface area (Å²) >= 11 is 0. The normalized spacial score (nSPS) is 10.6. The summed E-state index contributed by atoms with van der Waals surface area (Å²) in [5.41, 5.74) is 1.36. The highest BCUT2D eigenvalue weighted by Gasteiger charge is 2.10. The maximum atomic E-state index is 13.0. The lowest BCUT2D eigenvalue weighted by molar-refractivity contribution is 0.0697. The molecule has 0 atom stereocenters. The number of aryl methyl sites for hydroxylation is 2. The van der Waals surface area contributed by atoms with Crippen LogP contribution in [-0.4, -0.2) is 11.1 Å². The molecule has 2 aromatic carbocycles. The van der Waals surface area contributed by atoms with Crippen LogP contribution in [0.1, 0.15) is 21.5 Å². The number of carboxylic acid groups (broad SMARTS) is 1. The molecule has 5 heteroatoms. The van der Waals surface area contributed by atoms with Crippen molar-refractivity contribution in [3.8, 4) is 0 Å². The van der Waals surface area contributed by atoms with Gasteiger partial charge >= 0.3 is 5.97 Å². The van der Waals surface area contributed by atoms with Gasteiger partial charge in [0.15, 0.2) is 17.5 Å². The van der Waals surface area contributed by atoms with E-state index in [1.165, 1.54) is 12.1 Å². The summed E-state index contributed by atoms with van der Waals surface area (Å²) in [7, 11) is 0. The summed E-state index contributed by atoms with van der Waals surface area (Å²) < 4.78 is 38.8. The molecule has 0 spiro atoms. The largest absolute Gasteiger partial charge is 0.478 e. The Morgan fingerprint density at radius 2 is 1.40 bits per heavy atom. The van der Waals surface area contributed by atoms with Gasteiger partial charge in [0.05, 0.1) is 5.56 Å². The third kappa shape index (κ3) is 3.17.